The molecule has 0 aliphatic rings. The largest absolute Gasteiger partial charge is 0.508 e. The molecule has 4 nitrogen and oxygen atoms in total. The number of rotatable bonds is 7. The summed E-state index contributed by atoms with van der Waals surface area (Å²) in [5.74, 6) is 0.818. The molecule has 1 aromatic heterocycles. The van der Waals surface area contributed by atoms with Gasteiger partial charge in [0.25, 0.3) is 0 Å². The average molecular weight is 305 g/mol. The lowest BCUT2D eigenvalue weighted by Gasteiger charge is -2.09. The average Bonchev–Trinajstić information content (AvgIpc) is 3.00. The lowest BCUT2D eigenvalue weighted by Crippen LogP contribution is -2.22. The fourth-order valence-electron chi connectivity index (χ4n) is 1.99. The summed E-state index contributed by atoms with van der Waals surface area (Å²) >= 11 is 1.71. The Morgan fingerprint density at radius 3 is 2.95 bits per heavy atom. The van der Waals surface area contributed by atoms with E-state index >= 15 is 0 Å². The van der Waals surface area contributed by atoms with Crippen LogP contribution in [0.5, 0.6) is 11.5 Å². The van der Waals surface area contributed by atoms with Crippen molar-refractivity contribution in [3.8, 4) is 11.5 Å². The van der Waals surface area contributed by atoms with Gasteiger partial charge >= 0.3 is 0 Å². The van der Waals surface area contributed by atoms with E-state index in [0.717, 1.165) is 12.8 Å². The molecular weight excluding hydrogens is 286 g/mol. The maximum atomic E-state index is 11.8. The Morgan fingerprint density at radius 2 is 2.24 bits per heavy atom. The smallest absolute Gasteiger partial charge is 0.220 e. The van der Waals surface area contributed by atoms with Crippen molar-refractivity contribution < 1.29 is 14.6 Å². The molecule has 0 fully saturated rings. The summed E-state index contributed by atoms with van der Waals surface area (Å²) in [6.07, 6.45) is 2.24. The lowest BCUT2D eigenvalue weighted by molar-refractivity contribution is -0.121. The Balaban J connectivity index is 1.75. The van der Waals surface area contributed by atoms with Crippen LogP contribution in [-0.4, -0.2) is 18.1 Å². The number of hydrogen-bond donors (Lipinski definition) is 2. The molecule has 112 valence electrons. The van der Waals surface area contributed by atoms with Crippen LogP contribution in [0.25, 0.3) is 0 Å². The number of hydrogen-bond acceptors (Lipinski definition) is 4. The van der Waals surface area contributed by atoms with Crippen molar-refractivity contribution in [2.45, 2.75) is 25.8 Å². The Bertz CT molecular complexity index is 581. The fourth-order valence-corrected chi connectivity index (χ4v) is 2.74. The summed E-state index contributed by atoms with van der Waals surface area (Å²) in [5, 5.41) is 14.6. The van der Waals surface area contributed by atoms with Gasteiger partial charge in [0.15, 0.2) is 0 Å². The van der Waals surface area contributed by atoms with Crippen molar-refractivity contribution in [3.63, 3.8) is 0 Å². The number of methoxy groups -OCH3 is 1. The van der Waals surface area contributed by atoms with E-state index in [4.69, 9.17) is 4.74 Å². The highest BCUT2D eigenvalue weighted by atomic mass is 32.1. The molecule has 2 aromatic rings. The minimum Gasteiger partial charge on any atom is -0.508 e. The van der Waals surface area contributed by atoms with E-state index in [9.17, 15) is 9.90 Å². The second-order valence-corrected chi connectivity index (χ2v) is 5.74. The Labute approximate surface area is 128 Å². The van der Waals surface area contributed by atoms with Gasteiger partial charge in [-0.25, -0.2) is 0 Å². The molecule has 1 amide bonds. The standard InChI is InChI=1S/C16H19NO3S/c1-20-13-7-8-15(18)12(10-13)11-17-16(19)6-2-4-14-5-3-9-21-14/h3,5,7-10,18H,2,4,6,11H2,1H3,(H,17,19). The highest BCUT2D eigenvalue weighted by molar-refractivity contribution is 7.09. The van der Waals surface area contributed by atoms with E-state index in [2.05, 4.69) is 11.4 Å². The van der Waals surface area contributed by atoms with Gasteiger partial charge in [-0.3, -0.25) is 4.79 Å². The first kappa shape index (κ1) is 15.4. The van der Waals surface area contributed by atoms with Crippen LogP contribution in [0.4, 0.5) is 0 Å². The summed E-state index contributed by atoms with van der Waals surface area (Å²) in [5.41, 5.74) is 0.654. The van der Waals surface area contributed by atoms with Gasteiger partial charge in [0.1, 0.15) is 11.5 Å². The molecule has 0 aliphatic heterocycles. The zero-order valence-corrected chi connectivity index (χ0v) is 12.8. The van der Waals surface area contributed by atoms with Crippen LogP contribution < -0.4 is 10.1 Å². The van der Waals surface area contributed by atoms with Crippen molar-refractivity contribution >= 4 is 17.2 Å². The van der Waals surface area contributed by atoms with Gasteiger partial charge < -0.3 is 15.2 Å². The second-order valence-electron chi connectivity index (χ2n) is 4.70. The number of phenols is 1. The number of thiophene rings is 1. The predicted octanol–water partition coefficient (Wildman–Crippen LogP) is 3.10. The van der Waals surface area contributed by atoms with Crippen molar-refractivity contribution in [2.24, 2.45) is 0 Å². The van der Waals surface area contributed by atoms with Crippen molar-refractivity contribution in [2.75, 3.05) is 7.11 Å². The summed E-state index contributed by atoms with van der Waals surface area (Å²) in [6, 6.07) is 9.07. The molecule has 0 spiro atoms. The van der Waals surface area contributed by atoms with Gasteiger partial charge in [0.2, 0.25) is 5.91 Å². The number of nitrogens with one attached hydrogen (secondary N) is 1. The van der Waals surface area contributed by atoms with Crippen LogP contribution in [0.15, 0.2) is 35.7 Å². The number of carbonyl (C=O) groups excluding carboxylic acids is 1. The summed E-state index contributed by atoms with van der Waals surface area (Å²) in [4.78, 5) is 13.1. The van der Waals surface area contributed by atoms with Gasteiger partial charge in [-0.1, -0.05) is 6.07 Å². The molecule has 0 unspecified atom stereocenters. The summed E-state index contributed by atoms with van der Waals surface area (Å²) in [6.45, 7) is 0.306. The SMILES string of the molecule is COc1ccc(O)c(CNC(=O)CCCc2cccs2)c1. The van der Waals surface area contributed by atoms with Gasteiger partial charge in [-0.15, -0.1) is 11.3 Å². The number of benzene rings is 1. The van der Waals surface area contributed by atoms with Crippen LogP contribution in [-0.2, 0) is 17.8 Å². The highest BCUT2D eigenvalue weighted by Gasteiger charge is 2.06. The molecule has 0 saturated carbocycles. The van der Waals surface area contributed by atoms with E-state index < -0.39 is 0 Å². The van der Waals surface area contributed by atoms with E-state index in [1.807, 2.05) is 11.4 Å². The van der Waals surface area contributed by atoms with Crippen molar-refractivity contribution in [1.82, 2.24) is 5.32 Å². The molecule has 1 aromatic carbocycles. The van der Waals surface area contributed by atoms with Gasteiger partial charge in [-0.2, -0.15) is 0 Å². The topological polar surface area (TPSA) is 58.6 Å². The maximum Gasteiger partial charge on any atom is 0.220 e. The van der Waals surface area contributed by atoms with Crippen LogP contribution >= 0.6 is 11.3 Å². The number of amides is 1. The Kier molecular flexibility index (Phi) is 5.63. The van der Waals surface area contributed by atoms with E-state index in [1.54, 1.807) is 36.6 Å². The van der Waals surface area contributed by atoms with E-state index in [0.29, 0.717) is 24.3 Å². The van der Waals surface area contributed by atoms with E-state index in [1.165, 1.54) is 4.88 Å². The zero-order valence-electron chi connectivity index (χ0n) is 12.0. The quantitative estimate of drug-likeness (QED) is 0.826. The summed E-state index contributed by atoms with van der Waals surface area (Å²) in [7, 11) is 1.57. The van der Waals surface area contributed by atoms with Crippen LogP contribution in [0.1, 0.15) is 23.3 Å². The highest BCUT2D eigenvalue weighted by Crippen LogP contribution is 2.22. The number of phenolic OH excluding ortho intramolecular Hbond substituents is 1. The molecule has 2 N–H and O–H groups in total. The van der Waals surface area contributed by atoms with E-state index in [-0.39, 0.29) is 11.7 Å². The first-order valence-corrected chi connectivity index (χ1v) is 7.72. The molecule has 0 atom stereocenters. The molecular formula is C16H19NO3S. The van der Waals surface area contributed by atoms with Gasteiger partial charge in [-0.05, 0) is 42.5 Å². The lowest BCUT2D eigenvalue weighted by atomic mass is 10.1. The molecule has 5 heteroatoms. The first-order chi connectivity index (χ1) is 10.2. The molecule has 0 radical (unpaired) electrons. The van der Waals surface area contributed by atoms with Gasteiger partial charge in [0.05, 0.1) is 7.11 Å². The molecule has 0 saturated heterocycles. The van der Waals surface area contributed by atoms with Crippen LogP contribution in [0.3, 0.4) is 0 Å². The molecule has 21 heavy (non-hydrogen) atoms. The summed E-state index contributed by atoms with van der Waals surface area (Å²) < 4.78 is 5.10. The third-order valence-electron chi connectivity index (χ3n) is 3.17. The molecule has 0 bridgehead atoms. The van der Waals surface area contributed by atoms with Crippen molar-refractivity contribution in [3.05, 3.63) is 46.2 Å². The first-order valence-electron chi connectivity index (χ1n) is 6.84. The number of aryl methyl sites for hydroxylation is 1. The Hall–Kier alpha value is -2.01. The van der Waals surface area contributed by atoms with Crippen LogP contribution in [0.2, 0.25) is 0 Å². The van der Waals surface area contributed by atoms with Crippen molar-refractivity contribution in [1.29, 1.82) is 0 Å². The zero-order chi connectivity index (χ0) is 15.1. The maximum absolute atomic E-state index is 11.8. The molecule has 2 rings (SSSR count). The normalized spacial score (nSPS) is 10.3. The Morgan fingerprint density at radius 1 is 1.38 bits per heavy atom. The fraction of sp³-hybridized carbons (Fsp3) is 0.312. The van der Waals surface area contributed by atoms with Crippen LogP contribution in [0, 0.1) is 0 Å². The van der Waals surface area contributed by atoms with Gasteiger partial charge in [0, 0.05) is 23.4 Å². The number of aromatic hydroxyl groups is 1. The third kappa shape index (κ3) is 4.79. The second kappa shape index (κ2) is 7.69. The third-order valence-corrected chi connectivity index (χ3v) is 4.11. The monoisotopic (exact) mass is 305 g/mol. The molecule has 1 heterocycles. The minimum atomic E-state index is -0.00576. The number of carbonyl (C=O) groups is 1. The minimum absolute atomic E-state index is 0.00576. The number of ether oxygens (including phenoxy) is 1. The predicted molar refractivity (Wildman–Crippen MR) is 83.8 cm³/mol. The molecule has 0 aliphatic carbocycles.